The van der Waals surface area contributed by atoms with Crippen LogP contribution in [0.5, 0.6) is 5.75 Å². The van der Waals surface area contributed by atoms with E-state index in [0.29, 0.717) is 16.8 Å². The second-order valence-electron chi connectivity index (χ2n) is 7.44. The van der Waals surface area contributed by atoms with E-state index in [1.807, 2.05) is 30.3 Å². The number of ether oxygens (including phenoxy) is 1. The lowest BCUT2D eigenvalue weighted by molar-refractivity contribution is -0.142. The third-order valence-electron chi connectivity index (χ3n) is 5.18. The molecule has 2 heterocycles. The predicted octanol–water partition coefficient (Wildman–Crippen LogP) is 3.08. The molecule has 2 aromatic carbocycles. The number of carbonyl (C=O) groups excluding carboxylic acids is 2. The van der Waals surface area contributed by atoms with Gasteiger partial charge >= 0.3 is 5.97 Å². The molecule has 2 amide bonds. The number of anilines is 1. The van der Waals surface area contributed by atoms with Gasteiger partial charge in [-0.05, 0) is 43.7 Å². The van der Waals surface area contributed by atoms with Crippen LogP contribution in [0.15, 0.2) is 54.7 Å². The summed E-state index contributed by atoms with van der Waals surface area (Å²) >= 11 is 0. The summed E-state index contributed by atoms with van der Waals surface area (Å²) in [6, 6.07) is 13.6. The van der Waals surface area contributed by atoms with Crippen LogP contribution in [0.1, 0.15) is 25.0 Å². The van der Waals surface area contributed by atoms with Gasteiger partial charge in [0.05, 0.1) is 0 Å². The highest BCUT2D eigenvalue weighted by Gasteiger charge is 2.24. The van der Waals surface area contributed by atoms with E-state index >= 15 is 0 Å². The zero-order valence-electron chi connectivity index (χ0n) is 17.5. The molecule has 0 bridgehead atoms. The number of carboxylic acids is 1. The third-order valence-corrected chi connectivity index (χ3v) is 5.18. The molecule has 0 saturated carbocycles. The van der Waals surface area contributed by atoms with Crippen LogP contribution in [0.4, 0.5) is 5.69 Å². The fourth-order valence-corrected chi connectivity index (χ4v) is 3.46. The summed E-state index contributed by atoms with van der Waals surface area (Å²) in [5, 5.41) is 15.0. The number of carbonyl (C=O) groups is 3. The summed E-state index contributed by atoms with van der Waals surface area (Å²) in [4.78, 5) is 40.1. The molecule has 2 atom stereocenters. The Morgan fingerprint density at radius 2 is 1.91 bits per heavy atom. The van der Waals surface area contributed by atoms with Gasteiger partial charge in [-0.3, -0.25) is 19.4 Å². The molecule has 1 aliphatic heterocycles. The van der Waals surface area contributed by atoms with Crippen molar-refractivity contribution in [3.8, 4) is 5.75 Å². The molecular weight excluding hydrogens is 410 g/mol. The van der Waals surface area contributed by atoms with Crippen LogP contribution in [-0.4, -0.2) is 40.0 Å². The summed E-state index contributed by atoms with van der Waals surface area (Å²) in [7, 11) is 0. The highest BCUT2D eigenvalue weighted by atomic mass is 16.5. The van der Waals surface area contributed by atoms with E-state index in [-0.39, 0.29) is 5.91 Å². The zero-order chi connectivity index (χ0) is 22.8. The lowest BCUT2D eigenvalue weighted by atomic mass is 10.0. The number of nitrogens with one attached hydrogen (secondary N) is 2. The molecule has 162 valence electrons. The molecule has 1 unspecified atom stereocenters. The highest BCUT2D eigenvalue weighted by Crippen LogP contribution is 2.35. The van der Waals surface area contributed by atoms with Crippen molar-refractivity contribution in [1.82, 2.24) is 10.3 Å². The quantitative estimate of drug-likeness (QED) is 0.517. The average Bonchev–Trinajstić information content (AvgIpc) is 3.10. The Labute approximate surface area is 183 Å². The SMILES string of the molecule is CC(Oc1ccc(C=C2C(=O)Nc3ccccc32)c2cccnc12)C(=O)N[C@@H](C)C(=O)O. The van der Waals surface area contributed by atoms with E-state index in [9.17, 15) is 14.4 Å². The van der Waals surface area contributed by atoms with E-state index < -0.39 is 24.0 Å². The number of hydrogen-bond acceptors (Lipinski definition) is 5. The molecule has 8 heteroatoms. The average molecular weight is 431 g/mol. The Morgan fingerprint density at radius 3 is 2.69 bits per heavy atom. The summed E-state index contributed by atoms with van der Waals surface area (Å²) in [6.07, 6.45) is 2.49. The van der Waals surface area contributed by atoms with Crippen LogP contribution in [0.2, 0.25) is 0 Å². The summed E-state index contributed by atoms with van der Waals surface area (Å²) in [5.74, 6) is -1.48. The van der Waals surface area contributed by atoms with Crippen molar-refractivity contribution in [2.45, 2.75) is 26.0 Å². The van der Waals surface area contributed by atoms with Crippen molar-refractivity contribution < 1.29 is 24.2 Å². The lowest BCUT2D eigenvalue weighted by Gasteiger charge is -2.18. The molecular formula is C24H21N3O5. The van der Waals surface area contributed by atoms with Gasteiger partial charge in [0.25, 0.3) is 11.8 Å². The molecule has 0 spiro atoms. The summed E-state index contributed by atoms with van der Waals surface area (Å²) in [6.45, 7) is 2.91. The number of hydrogen-bond donors (Lipinski definition) is 3. The van der Waals surface area contributed by atoms with E-state index in [1.54, 1.807) is 30.5 Å². The topological polar surface area (TPSA) is 118 Å². The van der Waals surface area contributed by atoms with Gasteiger partial charge in [-0.1, -0.05) is 30.3 Å². The van der Waals surface area contributed by atoms with E-state index in [1.165, 1.54) is 13.8 Å². The minimum Gasteiger partial charge on any atom is -0.480 e. The number of nitrogens with zero attached hydrogens (tertiary/aromatic N) is 1. The molecule has 0 radical (unpaired) electrons. The Bertz CT molecular complexity index is 1270. The molecule has 1 aliphatic rings. The van der Waals surface area contributed by atoms with E-state index in [0.717, 1.165) is 22.2 Å². The lowest BCUT2D eigenvalue weighted by Crippen LogP contribution is -2.44. The first kappa shape index (κ1) is 21.0. The van der Waals surface area contributed by atoms with Gasteiger partial charge < -0.3 is 20.5 Å². The Balaban J connectivity index is 1.67. The fourth-order valence-electron chi connectivity index (χ4n) is 3.46. The first-order valence-corrected chi connectivity index (χ1v) is 10.0. The molecule has 8 nitrogen and oxygen atoms in total. The minimum atomic E-state index is -1.13. The van der Waals surface area contributed by atoms with Crippen LogP contribution in [0.25, 0.3) is 22.6 Å². The zero-order valence-corrected chi connectivity index (χ0v) is 17.5. The van der Waals surface area contributed by atoms with Gasteiger partial charge in [-0.25, -0.2) is 0 Å². The highest BCUT2D eigenvalue weighted by molar-refractivity contribution is 6.35. The monoisotopic (exact) mass is 431 g/mol. The maximum atomic E-state index is 12.5. The number of rotatable bonds is 6. The van der Waals surface area contributed by atoms with Crippen molar-refractivity contribution in [2.24, 2.45) is 0 Å². The number of carboxylic acid groups (broad SMARTS) is 1. The summed E-state index contributed by atoms with van der Waals surface area (Å²) < 4.78 is 5.80. The van der Waals surface area contributed by atoms with Gasteiger partial charge in [-0.2, -0.15) is 0 Å². The van der Waals surface area contributed by atoms with Crippen molar-refractivity contribution >= 4 is 46.0 Å². The first-order chi connectivity index (χ1) is 15.3. The van der Waals surface area contributed by atoms with Gasteiger partial charge in [-0.15, -0.1) is 0 Å². The Hall–Kier alpha value is -4.20. The largest absolute Gasteiger partial charge is 0.480 e. The van der Waals surface area contributed by atoms with Crippen LogP contribution >= 0.6 is 0 Å². The number of fused-ring (bicyclic) bond motifs is 2. The maximum absolute atomic E-state index is 12.5. The molecule has 3 aromatic rings. The van der Waals surface area contributed by atoms with Gasteiger partial charge in [0.1, 0.15) is 17.3 Å². The Morgan fingerprint density at radius 1 is 1.12 bits per heavy atom. The normalized spacial score (nSPS) is 15.7. The third kappa shape index (κ3) is 4.02. The minimum absolute atomic E-state index is 0.179. The standard InChI is InChI=1S/C24H21N3O5/c1-13(24(30)31)26-22(28)14(2)32-20-10-9-15(16-7-5-11-25-21(16)20)12-18-17-6-3-4-8-19(17)27-23(18)29/h3-14H,1-2H3,(H,26,28)(H,27,29)(H,30,31)/t13-,14?/m0/s1. The van der Waals surface area contributed by atoms with Gasteiger partial charge in [0.2, 0.25) is 0 Å². The molecule has 4 rings (SSSR count). The second kappa shape index (κ2) is 8.50. The number of benzene rings is 2. The van der Waals surface area contributed by atoms with E-state index in [4.69, 9.17) is 9.84 Å². The number of amides is 2. The van der Waals surface area contributed by atoms with Gasteiger partial charge in [0.15, 0.2) is 6.10 Å². The molecule has 0 saturated heterocycles. The molecule has 0 aliphatic carbocycles. The molecule has 1 aromatic heterocycles. The molecule has 3 N–H and O–H groups in total. The predicted molar refractivity (Wildman–Crippen MR) is 120 cm³/mol. The second-order valence-corrected chi connectivity index (χ2v) is 7.44. The van der Waals surface area contributed by atoms with Crippen LogP contribution in [0, 0.1) is 0 Å². The van der Waals surface area contributed by atoms with Gasteiger partial charge in [0, 0.05) is 28.4 Å². The van der Waals surface area contributed by atoms with Crippen molar-refractivity contribution in [1.29, 1.82) is 0 Å². The van der Waals surface area contributed by atoms with Crippen LogP contribution in [-0.2, 0) is 14.4 Å². The van der Waals surface area contributed by atoms with E-state index in [2.05, 4.69) is 15.6 Å². The van der Waals surface area contributed by atoms with Crippen molar-refractivity contribution in [3.05, 3.63) is 65.9 Å². The van der Waals surface area contributed by atoms with Crippen molar-refractivity contribution in [2.75, 3.05) is 5.32 Å². The number of pyridine rings is 1. The smallest absolute Gasteiger partial charge is 0.325 e. The maximum Gasteiger partial charge on any atom is 0.325 e. The van der Waals surface area contributed by atoms with Crippen molar-refractivity contribution in [3.63, 3.8) is 0 Å². The molecule has 0 fully saturated rings. The number of aliphatic carboxylic acids is 1. The number of para-hydroxylation sites is 1. The Kier molecular flexibility index (Phi) is 5.59. The van der Waals surface area contributed by atoms with Crippen LogP contribution < -0.4 is 15.4 Å². The fraction of sp³-hybridized carbons (Fsp3) is 0.167. The number of aromatic nitrogens is 1. The van der Waals surface area contributed by atoms with Crippen LogP contribution in [0.3, 0.4) is 0 Å². The first-order valence-electron chi connectivity index (χ1n) is 10.0. The molecule has 32 heavy (non-hydrogen) atoms. The summed E-state index contributed by atoms with van der Waals surface area (Å²) in [5.41, 5.74) is 3.45.